The number of rotatable bonds is 2. The highest BCUT2D eigenvalue weighted by Crippen LogP contribution is 2.44. The van der Waals surface area contributed by atoms with E-state index in [-0.39, 0.29) is 5.54 Å². The SMILES string of the molecule is NC1(c2nc(-c3cccs3)cs2)CC1. The third kappa shape index (κ3) is 1.30. The minimum Gasteiger partial charge on any atom is -0.319 e. The molecule has 1 aliphatic carbocycles. The number of nitrogens with two attached hydrogens (primary N) is 1. The van der Waals surface area contributed by atoms with Crippen molar-refractivity contribution in [3.63, 3.8) is 0 Å². The molecule has 0 amide bonds. The van der Waals surface area contributed by atoms with Crippen LogP contribution in [0.4, 0.5) is 0 Å². The van der Waals surface area contributed by atoms with E-state index in [0.717, 1.165) is 23.5 Å². The topological polar surface area (TPSA) is 38.9 Å². The molecule has 0 atom stereocenters. The molecule has 2 heterocycles. The molecule has 1 aliphatic rings. The first-order valence-electron chi connectivity index (χ1n) is 4.57. The van der Waals surface area contributed by atoms with Gasteiger partial charge in [-0.25, -0.2) is 4.98 Å². The number of aromatic nitrogens is 1. The van der Waals surface area contributed by atoms with Crippen molar-refractivity contribution in [3.8, 4) is 10.6 Å². The number of hydrogen-bond acceptors (Lipinski definition) is 4. The lowest BCUT2D eigenvalue weighted by Gasteiger charge is -2.00. The molecule has 0 aromatic carbocycles. The van der Waals surface area contributed by atoms with Crippen LogP contribution in [-0.2, 0) is 5.54 Å². The fourth-order valence-electron chi connectivity index (χ4n) is 1.39. The van der Waals surface area contributed by atoms with Gasteiger partial charge in [0.25, 0.3) is 0 Å². The molecule has 1 fully saturated rings. The van der Waals surface area contributed by atoms with Crippen LogP contribution in [0, 0.1) is 0 Å². The fourth-order valence-corrected chi connectivity index (χ4v) is 3.14. The van der Waals surface area contributed by atoms with Crippen molar-refractivity contribution in [2.45, 2.75) is 18.4 Å². The van der Waals surface area contributed by atoms with Gasteiger partial charge in [0.2, 0.25) is 0 Å². The number of thiophene rings is 1. The lowest BCUT2D eigenvalue weighted by molar-refractivity contribution is 0.732. The predicted molar refractivity (Wildman–Crippen MR) is 60.5 cm³/mol. The molecule has 72 valence electrons. The largest absolute Gasteiger partial charge is 0.319 e. The van der Waals surface area contributed by atoms with Crippen LogP contribution in [0.1, 0.15) is 17.8 Å². The van der Waals surface area contributed by atoms with E-state index in [9.17, 15) is 0 Å². The maximum atomic E-state index is 6.09. The van der Waals surface area contributed by atoms with Crippen molar-refractivity contribution in [1.82, 2.24) is 4.98 Å². The van der Waals surface area contributed by atoms with E-state index >= 15 is 0 Å². The molecule has 3 rings (SSSR count). The van der Waals surface area contributed by atoms with E-state index in [4.69, 9.17) is 5.73 Å². The summed E-state index contributed by atoms with van der Waals surface area (Å²) in [5.74, 6) is 0. The van der Waals surface area contributed by atoms with Crippen molar-refractivity contribution in [3.05, 3.63) is 27.9 Å². The molecule has 2 aromatic rings. The standard InChI is InChI=1S/C10H10N2S2/c11-10(3-4-10)9-12-7(6-14-9)8-2-1-5-13-8/h1-2,5-6H,3-4,11H2. The normalized spacial score (nSPS) is 18.4. The first-order chi connectivity index (χ1) is 6.78. The zero-order chi connectivity index (χ0) is 9.60. The summed E-state index contributed by atoms with van der Waals surface area (Å²) in [6.07, 6.45) is 2.18. The number of hydrogen-bond donors (Lipinski definition) is 1. The maximum Gasteiger partial charge on any atom is 0.113 e. The molecular formula is C10H10N2S2. The van der Waals surface area contributed by atoms with E-state index in [1.165, 1.54) is 4.88 Å². The molecule has 2 nitrogen and oxygen atoms in total. The van der Waals surface area contributed by atoms with Gasteiger partial charge in [0.1, 0.15) is 5.01 Å². The zero-order valence-electron chi connectivity index (χ0n) is 7.56. The molecule has 0 unspecified atom stereocenters. The number of thiazole rings is 1. The van der Waals surface area contributed by atoms with Crippen molar-refractivity contribution in [2.75, 3.05) is 0 Å². The summed E-state index contributed by atoms with van der Waals surface area (Å²) in [6.45, 7) is 0. The minimum absolute atomic E-state index is 0.0832. The van der Waals surface area contributed by atoms with Crippen LogP contribution >= 0.6 is 22.7 Å². The molecule has 0 bridgehead atoms. The van der Waals surface area contributed by atoms with E-state index < -0.39 is 0 Å². The average molecular weight is 222 g/mol. The quantitative estimate of drug-likeness (QED) is 0.848. The summed E-state index contributed by atoms with van der Waals surface area (Å²) in [7, 11) is 0. The molecule has 0 spiro atoms. The third-order valence-corrected chi connectivity index (χ3v) is 4.45. The average Bonchev–Trinajstić information content (AvgIpc) is 2.73. The van der Waals surface area contributed by atoms with Gasteiger partial charge in [0, 0.05) is 5.38 Å². The second-order valence-corrected chi connectivity index (χ2v) is 5.48. The van der Waals surface area contributed by atoms with Gasteiger partial charge in [-0.2, -0.15) is 0 Å². The van der Waals surface area contributed by atoms with Gasteiger partial charge in [0.15, 0.2) is 0 Å². The van der Waals surface area contributed by atoms with Gasteiger partial charge >= 0.3 is 0 Å². The predicted octanol–water partition coefficient (Wildman–Crippen LogP) is 2.82. The summed E-state index contributed by atoms with van der Waals surface area (Å²) in [5.41, 5.74) is 7.08. The summed E-state index contributed by atoms with van der Waals surface area (Å²) < 4.78 is 0. The van der Waals surface area contributed by atoms with Gasteiger partial charge in [0.05, 0.1) is 16.1 Å². The molecule has 2 aromatic heterocycles. The van der Waals surface area contributed by atoms with E-state index in [0.29, 0.717) is 0 Å². The van der Waals surface area contributed by atoms with Crippen molar-refractivity contribution >= 4 is 22.7 Å². The Hall–Kier alpha value is -0.710. The molecule has 2 N–H and O–H groups in total. The molecule has 0 radical (unpaired) electrons. The smallest absolute Gasteiger partial charge is 0.113 e. The van der Waals surface area contributed by atoms with Crippen molar-refractivity contribution in [2.24, 2.45) is 5.73 Å². The van der Waals surface area contributed by atoms with Gasteiger partial charge in [-0.3, -0.25) is 0 Å². The summed E-state index contributed by atoms with van der Waals surface area (Å²) in [4.78, 5) is 5.82. The highest BCUT2D eigenvalue weighted by molar-refractivity contribution is 7.14. The van der Waals surface area contributed by atoms with Gasteiger partial charge in [-0.05, 0) is 24.3 Å². The second kappa shape index (κ2) is 2.89. The second-order valence-electron chi connectivity index (χ2n) is 3.67. The first-order valence-corrected chi connectivity index (χ1v) is 6.33. The summed E-state index contributed by atoms with van der Waals surface area (Å²) >= 11 is 3.41. The van der Waals surface area contributed by atoms with Crippen LogP contribution in [0.3, 0.4) is 0 Å². The van der Waals surface area contributed by atoms with Crippen LogP contribution in [-0.4, -0.2) is 4.98 Å². The molecule has 1 saturated carbocycles. The van der Waals surface area contributed by atoms with Crippen LogP contribution in [0.15, 0.2) is 22.9 Å². The Morgan fingerprint density at radius 2 is 2.21 bits per heavy atom. The number of nitrogens with zero attached hydrogens (tertiary/aromatic N) is 1. The minimum atomic E-state index is -0.0832. The van der Waals surface area contributed by atoms with E-state index in [2.05, 4.69) is 21.8 Å². The highest BCUT2D eigenvalue weighted by atomic mass is 32.1. The lowest BCUT2D eigenvalue weighted by Crippen LogP contribution is -2.18. The summed E-state index contributed by atoms with van der Waals surface area (Å²) in [5, 5.41) is 5.28. The fraction of sp³-hybridized carbons (Fsp3) is 0.300. The van der Waals surface area contributed by atoms with Crippen molar-refractivity contribution in [1.29, 1.82) is 0 Å². The summed E-state index contributed by atoms with van der Waals surface area (Å²) in [6, 6.07) is 4.15. The van der Waals surface area contributed by atoms with Gasteiger partial charge in [-0.1, -0.05) is 6.07 Å². The zero-order valence-corrected chi connectivity index (χ0v) is 9.20. The van der Waals surface area contributed by atoms with Gasteiger partial charge in [-0.15, -0.1) is 22.7 Å². The lowest BCUT2D eigenvalue weighted by atomic mass is 10.3. The molecule has 14 heavy (non-hydrogen) atoms. The molecule has 4 heteroatoms. The maximum absolute atomic E-state index is 6.09. The Labute approximate surface area is 90.4 Å². The van der Waals surface area contributed by atoms with Crippen LogP contribution in [0.5, 0.6) is 0 Å². The Bertz CT molecular complexity index is 440. The Morgan fingerprint density at radius 3 is 2.86 bits per heavy atom. The Morgan fingerprint density at radius 1 is 1.36 bits per heavy atom. The third-order valence-electron chi connectivity index (χ3n) is 2.49. The Kier molecular flexibility index (Phi) is 1.77. The molecular weight excluding hydrogens is 212 g/mol. The van der Waals surface area contributed by atoms with Crippen LogP contribution in [0.25, 0.3) is 10.6 Å². The Balaban J connectivity index is 1.98. The molecule has 0 aliphatic heterocycles. The monoisotopic (exact) mass is 222 g/mol. The van der Waals surface area contributed by atoms with Crippen LogP contribution in [0.2, 0.25) is 0 Å². The van der Waals surface area contributed by atoms with E-state index in [1.807, 2.05) is 6.07 Å². The molecule has 0 saturated heterocycles. The van der Waals surface area contributed by atoms with E-state index in [1.54, 1.807) is 22.7 Å². The highest BCUT2D eigenvalue weighted by Gasteiger charge is 2.42. The van der Waals surface area contributed by atoms with Crippen molar-refractivity contribution < 1.29 is 0 Å². The van der Waals surface area contributed by atoms with Crippen LogP contribution < -0.4 is 5.73 Å². The first kappa shape index (κ1) is 8.59. The van der Waals surface area contributed by atoms with Gasteiger partial charge < -0.3 is 5.73 Å².